The van der Waals surface area contributed by atoms with Gasteiger partial charge in [0.25, 0.3) is 0 Å². The summed E-state index contributed by atoms with van der Waals surface area (Å²) in [5, 5.41) is 0. The summed E-state index contributed by atoms with van der Waals surface area (Å²) in [6.45, 7) is 3.96. The molecule has 1 heterocycles. The highest BCUT2D eigenvalue weighted by Gasteiger charge is 2.64. The van der Waals surface area contributed by atoms with E-state index < -0.39 is 5.60 Å². The van der Waals surface area contributed by atoms with Crippen molar-refractivity contribution in [3.8, 4) is 0 Å². The smallest absolute Gasteiger partial charge is 0.309 e. The van der Waals surface area contributed by atoms with Crippen molar-refractivity contribution < 1.29 is 19.1 Å². The van der Waals surface area contributed by atoms with Gasteiger partial charge in [-0.1, -0.05) is 13.8 Å². The van der Waals surface area contributed by atoms with Crippen LogP contribution >= 0.6 is 0 Å². The lowest BCUT2D eigenvalue weighted by Crippen LogP contribution is -2.65. The van der Waals surface area contributed by atoms with Gasteiger partial charge in [0.2, 0.25) is 0 Å². The Morgan fingerprint density at radius 1 is 1.22 bits per heavy atom. The average molecular weight is 320 g/mol. The first-order chi connectivity index (χ1) is 11.0. The first-order valence-electron chi connectivity index (χ1n) is 9.45. The van der Waals surface area contributed by atoms with Crippen molar-refractivity contribution in [2.24, 2.45) is 29.6 Å². The maximum absolute atomic E-state index is 12.6. The van der Waals surface area contributed by atoms with Crippen LogP contribution in [0.4, 0.5) is 0 Å². The number of carbonyl (C=O) groups excluding carboxylic acids is 2. The van der Waals surface area contributed by atoms with Gasteiger partial charge in [0.1, 0.15) is 6.10 Å². The zero-order valence-electron chi connectivity index (χ0n) is 14.3. The van der Waals surface area contributed by atoms with Crippen LogP contribution in [0.15, 0.2) is 0 Å². The van der Waals surface area contributed by atoms with Gasteiger partial charge < -0.3 is 9.47 Å². The highest BCUT2D eigenvalue weighted by Crippen LogP contribution is 2.62. The summed E-state index contributed by atoms with van der Waals surface area (Å²) in [4.78, 5) is 24.4. The molecule has 0 amide bonds. The molecule has 0 aromatic carbocycles. The van der Waals surface area contributed by atoms with Gasteiger partial charge in [0, 0.05) is 18.3 Å². The third-order valence-corrected chi connectivity index (χ3v) is 7.09. The fraction of sp³-hybridized carbons (Fsp3) is 0.895. The third-order valence-electron chi connectivity index (χ3n) is 7.09. The molecule has 4 saturated carbocycles. The molecule has 4 nitrogen and oxygen atoms in total. The first kappa shape index (κ1) is 15.5. The van der Waals surface area contributed by atoms with Gasteiger partial charge in [0.05, 0.1) is 5.92 Å². The Balaban J connectivity index is 1.67. The van der Waals surface area contributed by atoms with Crippen molar-refractivity contribution >= 4 is 11.9 Å². The summed E-state index contributed by atoms with van der Waals surface area (Å²) in [6, 6.07) is 0. The standard InChI is InChI=1S/C19H28O4/c1-3-11(2)18(21)23-19(16-4-5-17(20)22-16)14-7-12-6-13(9-14)10-15(19)8-12/h11-16H,3-10H2,1-2H3. The van der Waals surface area contributed by atoms with E-state index in [1.165, 1.54) is 6.42 Å². The minimum atomic E-state index is -0.528. The van der Waals surface area contributed by atoms with Gasteiger partial charge in [-0.05, 0) is 56.8 Å². The zero-order chi connectivity index (χ0) is 16.2. The van der Waals surface area contributed by atoms with Crippen LogP contribution in [0.1, 0.15) is 65.2 Å². The molecule has 2 atom stereocenters. The lowest BCUT2D eigenvalue weighted by molar-refractivity contribution is -0.244. The highest BCUT2D eigenvalue weighted by molar-refractivity contribution is 5.74. The van der Waals surface area contributed by atoms with E-state index in [4.69, 9.17) is 9.47 Å². The molecule has 0 N–H and O–H groups in total. The monoisotopic (exact) mass is 320 g/mol. The van der Waals surface area contributed by atoms with Crippen LogP contribution in [0.5, 0.6) is 0 Å². The minimum Gasteiger partial charge on any atom is -0.458 e. The maximum atomic E-state index is 12.6. The molecule has 5 fully saturated rings. The molecule has 23 heavy (non-hydrogen) atoms. The quantitative estimate of drug-likeness (QED) is 0.744. The first-order valence-corrected chi connectivity index (χ1v) is 9.45. The van der Waals surface area contributed by atoms with E-state index in [-0.39, 0.29) is 24.0 Å². The molecular weight excluding hydrogens is 292 g/mol. The molecule has 5 rings (SSSR count). The second-order valence-electron chi connectivity index (χ2n) is 8.41. The Morgan fingerprint density at radius 3 is 2.30 bits per heavy atom. The van der Waals surface area contributed by atoms with Gasteiger partial charge in [-0.15, -0.1) is 0 Å². The van der Waals surface area contributed by atoms with Crippen LogP contribution in [0.3, 0.4) is 0 Å². The fourth-order valence-corrected chi connectivity index (χ4v) is 5.96. The second kappa shape index (κ2) is 5.49. The minimum absolute atomic E-state index is 0.0823. The van der Waals surface area contributed by atoms with E-state index in [9.17, 15) is 9.59 Å². The Labute approximate surface area is 138 Å². The summed E-state index contributed by atoms with van der Waals surface area (Å²) in [7, 11) is 0. The van der Waals surface area contributed by atoms with Crippen molar-refractivity contribution in [3.05, 3.63) is 0 Å². The lowest BCUT2D eigenvalue weighted by atomic mass is 9.48. The van der Waals surface area contributed by atoms with Crippen molar-refractivity contribution in [3.63, 3.8) is 0 Å². The topological polar surface area (TPSA) is 52.6 Å². The second-order valence-corrected chi connectivity index (χ2v) is 8.41. The molecule has 0 radical (unpaired) electrons. The van der Waals surface area contributed by atoms with E-state index in [0.29, 0.717) is 18.3 Å². The normalized spacial score (nSPS) is 45.8. The van der Waals surface area contributed by atoms with Gasteiger partial charge in [0.15, 0.2) is 5.60 Å². The van der Waals surface area contributed by atoms with Gasteiger partial charge >= 0.3 is 11.9 Å². The molecule has 0 aromatic rings. The van der Waals surface area contributed by atoms with Crippen LogP contribution in [-0.4, -0.2) is 23.6 Å². The van der Waals surface area contributed by atoms with Crippen molar-refractivity contribution in [1.29, 1.82) is 0 Å². The molecule has 0 aromatic heterocycles. The van der Waals surface area contributed by atoms with Crippen molar-refractivity contribution in [2.75, 3.05) is 0 Å². The average Bonchev–Trinajstić information content (AvgIpc) is 2.96. The van der Waals surface area contributed by atoms with E-state index in [1.54, 1.807) is 0 Å². The molecule has 1 saturated heterocycles. The van der Waals surface area contributed by atoms with Gasteiger partial charge in [-0.25, -0.2) is 0 Å². The number of esters is 2. The van der Waals surface area contributed by atoms with E-state index in [1.807, 2.05) is 13.8 Å². The van der Waals surface area contributed by atoms with E-state index in [2.05, 4.69) is 0 Å². The summed E-state index contributed by atoms with van der Waals surface area (Å²) < 4.78 is 12.0. The van der Waals surface area contributed by atoms with Crippen molar-refractivity contribution in [1.82, 2.24) is 0 Å². The molecular formula is C19H28O4. The largest absolute Gasteiger partial charge is 0.458 e. The molecule has 4 bridgehead atoms. The Morgan fingerprint density at radius 2 is 1.83 bits per heavy atom. The SMILES string of the molecule is CCC(C)C(=O)OC1(C2CCC(=O)O2)C2CC3CC(C2)CC1C3. The Bertz CT molecular complexity index is 483. The zero-order valence-corrected chi connectivity index (χ0v) is 14.3. The molecule has 4 heteroatoms. The van der Waals surface area contributed by atoms with Crippen LogP contribution in [0, 0.1) is 29.6 Å². The van der Waals surface area contributed by atoms with Crippen LogP contribution < -0.4 is 0 Å². The summed E-state index contributed by atoms with van der Waals surface area (Å²) in [5.74, 6) is 2.08. The third kappa shape index (κ3) is 2.32. The Hall–Kier alpha value is -1.06. The van der Waals surface area contributed by atoms with Gasteiger partial charge in [-0.3, -0.25) is 9.59 Å². The number of rotatable bonds is 4. The summed E-state index contributed by atoms with van der Waals surface area (Å²) in [5.41, 5.74) is -0.528. The predicted molar refractivity (Wildman–Crippen MR) is 84.4 cm³/mol. The number of carbonyl (C=O) groups is 2. The Kier molecular flexibility index (Phi) is 3.69. The van der Waals surface area contributed by atoms with Crippen LogP contribution in [0.2, 0.25) is 0 Å². The highest BCUT2D eigenvalue weighted by atomic mass is 16.6. The lowest BCUT2D eigenvalue weighted by Gasteiger charge is -2.61. The number of hydrogen-bond acceptors (Lipinski definition) is 4. The number of ether oxygens (including phenoxy) is 2. The number of cyclic esters (lactones) is 1. The molecule has 5 aliphatic rings. The maximum Gasteiger partial charge on any atom is 0.309 e. The molecule has 1 aliphatic heterocycles. The predicted octanol–water partition coefficient (Wildman–Crippen LogP) is 3.48. The van der Waals surface area contributed by atoms with E-state index in [0.717, 1.165) is 50.4 Å². The number of hydrogen-bond donors (Lipinski definition) is 0. The van der Waals surface area contributed by atoms with Crippen LogP contribution in [0.25, 0.3) is 0 Å². The fourth-order valence-electron chi connectivity index (χ4n) is 5.96. The summed E-state index contributed by atoms with van der Waals surface area (Å²) >= 11 is 0. The molecule has 2 unspecified atom stereocenters. The van der Waals surface area contributed by atoms with Crippen molar-refractivity contribution in [2.45, 2.75) is 76.9 Å². The van der Waals surface area contributed by atoms with E-state index >= 15 is 0 Å². The molecule has 4 aliphatic carbocycles. The molecule has 0 spiro atoms. The molecule has 128 valence electrons. The summed E-state index contributed by atoms with van der Waals surface area (Å²) in [6.07, 6.45) is 7.72. The van der Waals surface area contributed by atoms with Gasteiger partial charge in [-0.2, -0.15) is 0 Å². The van der Waals surface area contributed by atoms with Crippen LogP contribution in [-0.2, 0) is 19.1 Å².